The topological polar surface area (TPSA) is 58.6 Å². The lowest BCUT2D eigenvalue weighted by Gasteiger charge is -2.37. The Balaban J connectivity index is 2.09. The van der Waals surface area contributed by atoms with Gasteiger partial charge in [0.05, 0.1) is 19.6 Å². The van der Waals surface area contributed by atoms with E-state index in [1.165, 1.54) is 26.4 Å². The van der Waals surface area contributed by atoms with E-state index in [1.807, 2.05) is 0 Å². The Hall–Kier alpha value is -1.10. The normalized spacial score (nSPS) is 26.6. The highest BCUT2D eigenvalue weighted by Crippen LogP contribution is 2.26. The lowest BCUT2D eigenvalue weighted by molar-refractivity contribution is -0.145. The Morgan fingerprint density at radius 3 is 2.74 bits per heavy atom. The minimum absolute atomic E-state index is 0.0199. The highest BCUT2D eigenvalue weighted by atomic mass is 16.5. The lowest BCUT2D eigenvalue weighted by Crippen LogP contribution is -2.50. The summed E-state index contributed by atoms with van der Waals surface area (Å²) in [6.45, 7) is 1.60. The molecule has 1 amide bonds. The van der Waals surface area contributed by atoms with Crippen molar-refractivity contribution in [3.63, 3.8) is 0 Å². The molecule has 0 aromatic heterocycles. The first-order chi connectivity index (χ1) is 9.22. The molecular weight excluding hydrogens is 244 g/mol. The van der Waals surface area contributed by atoms with Crippen molar-refractivity contribution < 1.29 is 14.3 Å². The van der Waals surface area contributed by atoms with Crippen molar-refractivity contribution in [1.82, 2.24) is 10.2 Å². The zero-order valence-corrected chi connectivity index (χ0v) is 11.7. The van der Waals surface area contributed by atoms with Crippen molar-refractivity contribution in [3.05, 3.63) is 0 Å². The molecule has 19 heavy (non-hydrogen) atoms. The van der Waals surface area contributed by atoms with E-state index in [1.54, 1.807) is 0 Å². The summed E-state index contributed by atoms with van der Waals surface area (Å²) in [5, 5.41) is 2.90. The molecular formula is C14H24N2O3. The van der Waals surface area contributed by atoms with Crippen molar-refractivity contribution in [2.24, 2.45) is 0 Å². The lowest BCUT2D eigenvalue weighted by atomic mass is 9.92. The van der Waals surface area contributed by atoms with Gasteiger partial charge in [-0.3, -0.25) is 14.5 Å². The van der Waals surface area contributed by atoms with Crippen LogP contribution in [0.4, 0.5) is 0 Å². The van der Waals surface area contributed by atoms with Crippen LogP contribution in [-0.2, 0) is 14.3 Å². The summed E-state index contributed by atoms with van der Waals surface area (Å²) < 4.78 is 4.73. The molecule has 2 aliphatic rings. The first kappa shape index (κ1) is 14.3. The maximum Gasteiger partial charge on any atom is 0.307 e. The molecule has 2 rings (SSSR count). The molecule has 1 saturated heterocycles. The van der Waals surface area contributed by atoms with Crippen LogP contribution in [0.1, 0.15) is 44.9 Å². The molecule has 5 nitrogen and oxygen atoms in total. The summed E-state index contributed by atoms with van der Waals surface area (Å²) >= 11 is 0. The number of nitrogens with one attached hydrogen (secondary N) is 1. The van der Waals surface area contributed by atoms with Crippen LogP contribution in [0, 0.1) is 0 Å². The van der Waals surface area contributed by atoms with Crippen LogP contribution in [-0.4, -0.2) is 49.1 Å². The van der Waals surface area contributed by atoms with Gasteiger partial charge in [0.25, 0.3) is 0 Å². The van der Waals surface area contributed by atoms with Crippen molar-refractivity contribution in [2.45, 2.75) is 57.0 Å². The fourth-order valence-electron chi connectivity index (χ4n) is 3.20. The van der Waals surface area contributed by atoms with Gasteiger partial charge in [0.2, 0.25) is 5.91 Å². The summed E-state index contributed by atoms with van der Waals surface area (Å²) in [5.41, 5.74) is 0. The monoisotopic (exact) mass is 268 g/mol. The minimum Gasteiger partial charge on any atom is -0.469 e. The van der Waals surface area contributed by atoms with Gasteiger partial charge in [-0.1, -0.05) is 19.3 Å². The van der Waals surface area contributed by atoms with Crippen LogP contribution in [0.2, 0.25) is 0 Å². The minimum atomic E-state index is -0.349. The number of amides is 1. The van der Waals surface area contributed by atoms with Crippen molar-refractivity contribution >= 4 is 11.9 Å². The zero-order chi connectivity index (χ0) is 13.7. The Kier molecular flexibility index (Phi) is 5.19. The number of carbonyl (C=O) groups excluding carboxylic acids is 2. The van der Waals surface area contributed by atoms with E-state index < -0.39 is 0 Å². The van der Waals surface area contributed by atoms with Crippen LogP contribution in [0.25, 0.3) is 0 Å². The Morgan fingerprint density at radius 2 is 2.05 bits per heavy atom. The fraction of sp³-hybridized carbons (Fsp3) is 0.857. The molecule has 1 N–H and O–H groups in total. The first-order valence-electron chi connectivity index (χ1n) is 7.32. The number of hydrogen-bond donors (Lipinski definition) is 1. The smallest absolute Gasteiger partial charge is 0.307 e. The van der Waals surface area contributed by atoms with Gasteiger partial charge in [-0.15, -0.1) is 0 Å². The Morgan fingerprint density at radius 1 is 1.32 bits per heavy atom. The number of rotatable bonds is 3. The molecule has 1 aliphatic heterocycles. The second-order valence-electron chi connectivity index (χ2n) is 5.47. The average molecular weight is 268 g/mol. The highest BCUT2D eigenvalue weighted by Gasteiger charge is 2.35. The van der Waals surface area contributed by atoms with Gasteiger partial charge < -0.3 is 10.1 Å². The zero-order valence-electron chi connectivity index (χ0n) is 11.7. The SMILES string of the molecule is COC(=O)CC1C(=O)NCCCN1C1CCCCC1. The largest absolute Gasteiger partial charge is 0.469 e. The number of nitrogens with zero attached hydrogens (tertiary/aromatic N) is 1. The maximum absolute atomic E-state index is 12.2. The first-order valence-corrected chi connectivity index (χ1v) is 7.32. The average Bonchev–Trinajstić information content (AvgIpc) is 2.62. The predicted octanol–water partition coefficient (Wildman–Crippen LogP) is 1.07. The van der Waals surface area contributed by atoms with E-state index in [4.69, 9.17) is 4.74 Å². The summed E-state index contributed by atoms with van der Waals surface area (Å²) in [7, 11) is 1.38. The second-order valence-corrected chi connectivity index (χ2v) is 5.47. The van der Waals surface area contributed by atoms with Gasteiger partial charge in [-0.2, -0.15) is 0 Å². The standard InChI is InChI=1S/C14H24N2O3/c1-19-13(17)10-12-14(18)15-8-5-9-16(12)11-6-3-2-4-7-11/h11-12H,2-10H2,1H3,(H,15,18). The van der Waals surface area contributed by atoms with Crippen LogP contribution in [0.5, 0.6) is 0 Å². The highest BCUT2D eigenvalue weighted by molar-refractivity contribution is 5.86. The molecule has 0 spiro atoms. The third-order valence-corrected chi connectivity index (χ3v) is 4.23. The van der Waals surface area contributed by atoms with Gasteiger partial charge >= 0.3 is 5.97 Å². The summed E-state index contributed by atoms with van der Waals surface area (Å²) in [6.07, 6.45) is 7.16. The van der Waals surface area contributed by atoms with E-state index in [0.29, 0.717) is 12.6 Å². The molecule has 1 saturated carbocycles. The van der Waals surface area contributed by atoms with Crippen LogP contribution in [0.3, 0.4) is 0 Å². The number of carbonyl (C=O) groups is 2. The predicted molar refractivity (Wildman–Crippen MR) is 71.6 cm³/mol. The number of methoxy groups -OCH3 is 1. The van der Waals surface area contributed by atoms with Crippen molar-refractivity contribution in [1.29, 1.82) is 0 Å². The van der Waals surface area contributed by atoms with Crippen LogP contribution < -0.4 is 5.32 Å². The Bertz CT molecular complexity index is 327. The molecule has 108 valence electrons. The second kappa shape index (κ2) is 6.89. The van der Waals surface area contributed by atoms with Crippen molar-refractivity contribution in [3.8, 4) is 0 Å². The molecule has 2 fully saturated rings. The molecule has 0 aromatic rings. The molecule has 0 aromatic carbocycles. The number of ether oxygens (including phenoxy) is 1. The molecule has 1 aliphatic carbocycles. The van der Waals surface area contributed by atoms with E-state index in [0.717, 1.165) is 25.8 Å². The number of hydrogen-bond acceptors (Lipinski definition) is 4. The maximum atomic E-state index is 12.2. The summed E-state index contributed by atoms with van der Waals surface area (Å²) in [6, 6.07) is 0.102. The molecule has 5 heteroatoms. The van der Waals surface area contributed by atoms with E-state index in [9.17, 15) is 9.59 Å². The molecule has 1 unspecified atom stereocenters. The molecule has 1 atom stereocenters. The molecule has 0 bridgehead atoms. The van der Waals surface area contributed by atoms with E-state index in [2.05, 4.69) is 10.2 Å². The van der Waals surface area contributed by atoms with Gasteiger partial charge in [0.1, 0.15) is 0 Å². The quantitative estimate of drug-likeness (QED) is 0.778. The van der Waals surface area contributed by atoms with Gasteiger partial charge in [-0.25, -0.2) is 0 Å². The van der Waals surface area contributed by atoms with Gasteiger partial charge in [0, 0.05) is 19.1 Å². The van der Waals surface area contributed by atoms with Gasteiger partial charge in [0.15, 0.2) is 0 Å². The third kappa shape index (κ3) is 3.69. The number of esters is 1. The third-order valence-electron chi connectivity index (χ3n) is 4.23. The summed E-state index contributed by atoms with van der Waals surface area (Å²) in [5.74, 6) is -0.323. The van der Waals surface area contributed by atoms with Crippen LogP contribution >= 0.6 is 0 Å². The molecule has 0 radical (unpaired) electrons. The Labute approximate surface area is 114 Å². The fourth-order valence-corrected chi connectivity index (χ4v) is 3.20. The van der Waals surface area contributed by atoms with E-state index in [-0.39, 0.29) is 24.3 Å². The van der Waals surface area contributed by atoms with E-state index >= 15 is 0 Å². The van der Waals surface area contributed by atoms with Gasteiger partial charge in [-0.05, 0) is 19.3 Å². The van der Waals surface area contributed by atoms with Crippen molar-refractivity contribution in [2.75, 3.05) is 20.2 Å². The molecule has 1 heterocycles. The summed E-state index contributed by atoms with van der Waals surface area (Å²) in [4.78, 5) is 25.9. The van der Waals surface area contributed by atoms with Crippen LogP contribution in [0.15, 0.2) is 0 Å².